The number of nitrogens with one attached hydrogen (secondary N) is 1. The number of aliphatic hydroxyl groups excluding tert-OH is 1. The van der Waals surface area contributed by atoms with Gasteiger partial charge in [0.25, 0.3) is 0 Å². The maximum atomic E-state index is 9.71. The van der Waals surface area contributed by atoms with Crippen molar-refractivity contribution in [3.05, 3.63) is 22.2 Å². The number of phenols is 1. The number of methoxy groups -OCH3 is 1. The second-order valence-electron chi connectivity index (χ2n) is 4.84. The molecule has 0 spiro atoms. The van der Waals surface area contributed by atoms with Gasteiger partial charge in [-0.2, -0.15) is 0 Å². The number of benzene rings is 1. The Morgan fingerprint density at radius 2 is 2.06 bits per heavy atom. The maximum Gasteiger partial charge on any atom is 0.172 e. The van der Waals surface area contributed by atoms with Gasteiger partial charge in [0.1, 0.15) is 0 Å². The highest BCUT2D eigenvalue weighted by Gasteiger charge is 2.16. The van der Waals surface area contributed by atoms with Crippen LogP contribution in [0.5, 0.6) is 11.5 Å². The molecule has 1 rings (SSSR count). The molecular weight excluding hydrogens is 298 g/mol. The van der Waals surface area contributed by atoms with Crippen molar-refractivity contribution in [2.75, 3.05) is 13.7 Å². The molecule has 3 N–H and O–H groups in total. The Bertz CT molecular complexity index is 407. The fourth-order valence-electron chi connectivity index (χ4n) is 1.59. The van der Waals surface area contributed by atoms with Crippen molar-refractivity contribution in [3.8, 4) is 11.5 Å². The van der Waals surface area contributed by atoms with Crippen molar-refractivity contribution in [2.45, 2.75) is 32.4 Å². The highest BCUT2D eigenvalue weighted by molar-refractivity contribution is 9.10. The first-order valence-corrected chi connectivity index (χ1v) is 6.60. The van der Waals surface area contributed by atoms with Crippen LogP contribution in [0.25, 0.3) is 0 Å². The summed E-state index contributed by atoms with van der Waals surface area (Å²) in [4.78, 5) is 0. The molecule has 0 radical (unpaired) electrons. The molecule has 0 bridgehead atoms. The van der Waals surface area contributed by atoms with Crippen molar-refractivity contribution in [2.24, 2.45) is 0 Å². The molecule has 0 aromatic heterocycles. The van der Waals surface area contributed by atoms with Gasteiger partial charge >= 0.3 is 0 Å². The monoisotopic (exact) mass is 317 g/mol. The molecule has 5 heteroatoms. The van der Waals surface area contributed by atoms with Crippen molar-refractivity contribution >= 4 is 15.9 Å². The molecule has 18 heavy (non-hydrogen) atoms. The first kappa shape index (κ1) is 15.3. The summed E-state index contributed by atoms with van der Waals surface area (Å²) in [5.74, 6) is 0.553. The van der Waals surface area contributed by atoms with Crippen molar-refractivity contribution in [3.63, 3.8) is 0 Å². The normalized spacial score (nSPS) is 11.6. The van der Waals surface area contributed by atoms with Crippen LogP contribution in [0.1, 0.15) is 25.8 Å². The van der Waals surface area contributed by atoms with Gasteiger partial charge in [-0.3, -0.25) is 0 Å². The van der Waals surface area contributed by atoms with Gasteiger partial charge < -0.3 is 20.3 Å². The summed E-state index contributed by atoms with van der Waals surface area (Å²) < 4.78 is 5.71. The molecule has 0 amide bonds. The van der Waals surface area contributed by atoms with Crippen LogP contribution in [0.15, 0.2) is 16.6 Å². The summed E-state index contributed by atoms with van der Waals surface area (Å²) in [6.45, 7) is 4.87. The minimum absolute atomic E-state index is 0.107. The Kier molecular flexibility index (Phi) is 5.44. The summed E-state index contributed by atoms with van der Waals surface area (Å²) in [5.41, 5.74) is 0.870. The van der Waals surface area contributed by atoms with Crippen LogP contribution in [0.2, 0.25) is 0 Å². The second-order valence-corrected chi connectivity index (χ2v) is 5.69. The fourth-order valence-corrected chi connectivity index (χ4v) is 2.08. The molecule has 0 saturated heterocycles. The lowest BCUT2D eigenvalue weighted by molar-refractivity contribution is 0.230. The minimum atomic E-state index is -0.133. The van der Waals surface area contributed by atoms with Crippen molar-refractivity contribution in [1.82, 2.24) is 5.32 Å². The summed E-state index contributed by atoms with van der Waals surface area (Å²) in [6, 6.07) is 3.64. The number of hydrogen-bond donors (Lipinski definition) is 3. The third-order valence-electron chi connectivity index (χ3n) is 2.82. The van der Waals surface area contributed by atoms with Gasteiger partial charge in [-0.1, -0.05) is 0 Å². The molecule has 4 nitrogen and oxygen atoms in total. The minimum Gasteiger partial charge on any atom is -0.503 e. The van der Waals surface area contributed by atoms with E-state index >= 15 is 0 Å². The summed E-state index contributed by atoms with van der Waals surface area (Å²) >= 11 is 3.29. The molecular formula is C13H20BrNO3. The van der Waals surface area contributed by atoms with E-state index in [1.54, 1.807) is 6.07 Å². The zero-order valence-electron chi connectivity index (χ0n) is 11.0. The zero-order chi connectivity index (χ0) is 13.8. The molecule has 102 valence electrons. The number of aliphatic hydroxyl groups is 1. The van der Waals surface area contributed by atoms with E-state index in [0.717, 1.165) is 5.56 Å². The van der Waals surface area contributed by atoms with Crippen LogP contribution in [0.4, 0.5) is 0 Å². The molecule has 0 fully saturated rings. The smallest absolute Gasteiger partial charge is 0.172 e. The van der Waals surface area contributed by atoms with Crippen LogP contribution in [0, 0.1) is 0 Å². The molecule has 0 aliphatic carbocycles. The Morgan fingerprint density at radius 1 is 1.39 bits per heavy atom. The summed E-state index contributed by atoms with van der Waals surface area (Å²) in [6.07, 6.45) is 0.684. The van der Waals surface area contributed by atoms with Gasteiger partial charge in [-0.25, -0.2) is 0 Å². The van der Waals surface area contributed by atoms with Crippen LogP contribution < -0.4 is 10.1 Å². The molecule has 0 atom stereocenters. The molecule has 0 aliphatic heterocycles. The quantitative estimate of drug-likeness (QED) is 0.754. The molecule has 0 saturated carbocycles. The topological polar surface area (TPSA) is 61.7 Å². The van der Waals surface area contributed by atoms with Gasteiger partial charge in [0.15, 0.2) is 11.5 Å². The van der Waals surface area contributed by atoms with Crippen LogP contribution >= 0.6 is 15.9 Å². The number of aromatic hydroxyl groups is 1. The van der Waals surface area contributed by atoms with E-state index in [1.807, 2.05) is 19.9 Å². The Balaban J connectivity index is 2.77. The van der Waals surface area contributed by atoms with Crippen LogP contribution in [-0.4, -0.2) is 29.5 Å². The van der Waals surface area contributed by atoms with Gasteiger partial charge in [-0.15, -0.1) is 0 Å². The summed E-state index contributed by atoms with van der Waals surface area (Å²) in [5, 5.41) is 22.0. The van der Waals surface area contributed by atoms with Crippen LogP contribution in [-0.2, 0) is 6.54 Å². The third-order valence-corrected chi connectivity index (χ3v) is 3.42. The predicted molar refractivity (Wildman–Crippen MR) is 75.0 cm³/mol. The van der Waals surface area contributed by atoms with Crippen molar-refractivity contribution in [1.29, 1.82) is 0 Å². The first-order chi connectivity index (χ1) is 8.39. The van der Waals surface area contributed by atoms with E-state index in [9.17, 15) is 5.11 Å². The lowest BCUT2D eigenvalue weighted by Gasteiger charge is -2.25. The van der Waals surface area contributed by atoms with Gasteiger partial charge in [0.05, 0.1) is 11.6 Å². The maximum absolute atomic E-state index is 9.71. The Morgan fingerprint density at radius 3 is 2.61 bits per heavy atom. The molecule has 0 aliphatic rings. The molecule has 1 aromatic carbocycles. The number of phenolic OH excluding ortho intramolecular Hbond substituents is 1. The van der Waals surface area contributed by atoms with E-state index in [0.29, 0.717) is 23.2 Å². The highest BCUT2D eigenvalue weighted by atomic mass is 79.9. The van der Waals surface area contributed by atoms with E-state index in [4.69, 9.17) is 9.84 Å². The van der Waals surface area contributed by atoms with E-state index < -0.39 is 0 Å². The van der Waals surface area contributed by atoms with Gasteiger partial charge in [0.2, 0.25) is 0 Å². The molecule has 0 heterocycles. The van der Waals surface area contributed by atoms with Gasteiger partial charge in [0, 0.05) is 18.7 Å². The number of rotatable bonds is 6. The lowest BCUT2D eigenvalue weighted by atomic mass is 10.0. The average molecular weight is 318 g/mol. The molecule has 0 unspecified atom stereocenters. The average Bonchev–Trinajstić information content (AvgIpc) is 2.30. The van der Waals surface area contributed by atoms with Crippen molar-refractivity contribution < 1.29 is 14.9 Å². The first-order valence-electron chi connectivity index (χ1n) is 5.81. The fraction of sp³-hybridized carbons (Fsp3) is 0.538. The predicted octanol–water partition coefficient (Wildman–Crippen LogP) is 2.41. The van der Waals surface area contributed by atoms with Crippen LogP contribution in [0.3, 0.4) is 0 Å². The number of hydrogen-bond acceptors (Lipinski definition) is 4. The standard InChI is InChI=1S/C13H20BrNO3/c1-13(2,4-5-16)15-8-9-6-10(14)12(17)11(7-9)18-3/h6-7,15-17H,4-5,8H2,1-3H3. The Labute approximate surface area is 116 Å². The van der Waals surface area contributed by atoms with E-state index in [2.05, 4.69) is 21.2 Å². The number of ether oxygens (including phenoxy) is 1. The summed E-state index contributed by atoms with van der Waals surface area (Å²) in [7, 11) is 1.52. The zero-order valence-corrected chi connectivity index (χ0v) is 12.5. The number of halogens is 1. The molecule has 1 aromatic rings. The Hall–Kier alpha value is -0.780. The SMILES string of the molecule is COc1cc(CNC(C)(C)CCO)cc(Br)c1O. The lowest BCUT2D eigenvalue weighted by Crippen LogP contribution is -2.39. The highest BCUT2D eigenvalue weighted by Crippen LogP contribution is 2.35. The second kappa shape index (κ2) is 6.41. The third kappa shape index (κ3) is 4.15. The van der Waals surface area contributed by atoms with E-state index in [1.165, 1.54) is 7.11 Å². The largest absolute Gasteiger partial charge is 0.503 e. The van der Waals surface area contributed by atoms with E-state index in [-0.39, 0.29) is 17.9 Å². The van der Waals surface area contributed by atoms with Gasteiger partial charge in [-0.05, 0) is 53.9 Å².